The van der Waals surface area contributed by atoms with Gasteiger partial charge in [-0.1, -0.05) is 0 Å². The van der Waals surface area contributed by atoms with Crippen LogP contribution in [0, 0.1) is 11.3 Å². The standard InChI is InChI=1S/C10H14N2O2/c1-14-10(13)5-8-12(7-2-6-11)9-3-4-9/h5,8-9H,2-4,7H2,1H3. The highest BCUT2D eigenvalue weighted by atomic mass is 16.5. The first kappa shape index (κ1) is 10.6. The lowest BCUT2D eigenvalue weighted by atomic mass is 10.4. The van der Waals surface area contributed by atoms with E-state index in [9.17, 15) is 4.79 Å². The van der Waals surface area contributed by atoms with Gasteiger partial charge in [-0.05, 0) is 12.8 Å². The van der Waals surface area contributed by atoms with Crippen LogP contribution >= 0.6 is 0 Å². The van der Waals surface area contributed by atoms with Crippen molar-refractivity contribution in [2.24, 2.45) is 0 Å². The molecule has 0 atom stereocenters. The Labute approximate surface area is 83.8 Å². The van der Waals surface area contributed by atoms with Crippen molar-refractivity contribution in [1.82, 2.24) is 4.90 Å². The van der Waals surface area contributed by atoms with E-state index in [1.54, 1.807) is 6.20 Å². The van der Waals surface area contributed by atoms with E-state index >= 15 is 0 Å². The van der Waals surface area contributed by atoms with E-state index < -0.39 is 0 Å². The predicted octanol–water partition coefficient (Wildman–Crippen LogP) is 1.05. The lowest BCUT2D eigenvalue weighted by molar-refractivity contribution is -0.134. The second-order valence-electron chi connectivity index (χ2n) is 3.22. The highest BCUT2D eigenvalue weighted by Gasteiger charge is 2.26. The third kappa shape index (κ3) is 3.48. The van der Waals surface area contributed by atoms with Crippen molar-refractivity contribution in [2.45, 2.75) is 25.3 Å². The monoisotopic (exact) mass is 194 g/mol. The van der Waals surface area contributed by atoms with Gasteiger partial charge in [0.1, 0.15) is 0 Å². The van der Waals surface area contributed by atoms with Crippen LogP contribution in [0.5, 0.6) is 0 Å². The summed E-state index contributed by atoms with van der Waals surface area (Å²) in [6, 6.07) is 2.61. The minimum Gasteiger partial charge on any atom is -0.466 e. The van der Waals surface area contributed by atoms with Gasteiger partial charge in [-0.25, -0.2) is 4.79 Å². The second kappa shape index (κ2) is 5.28. The van der Waals surface area contributed by atoms with Gasteiger partial charge in [0, 0.05) is 24.9 Å². The summed E-state index contributed by atoms with van der Waals surface area (Å²) in [5.41, 5.74) is 0. The van der Waals surface area contributed by atoms with E-state index in [0.717, 1.165) is 12.8 Å². The summed E-state index contributed by atoms with van der Waals surface area (Å²) in [7, 11) is 1.35. The van der Waals surface area contributed by atoms with Crippen molar-refractivity contribution < 1.29 is 9.53 Å². The Bertz CT molecular complexity index is 264. The van der Waals surface area contributed by atoms with Crippen LogP contribution in [0.25, 0.3) is 0 Å². The summed E-state index contributed by atoms with van der Waals surface area (Å²) < 4.78 is 4.49. The van der Waals surface area contributed by atoms with Crippen LogP contribution in [-0.2, 0) is 9.53 Å². The molecule has 0 heterocycles. The van der Waals surface area contributed by atoms with Crippen LogP contribution < -0.4 is 0 Å². The molecule has 0 aromatic carbocycles. The molecule has 0 radical (unpaired) electrons. The fourth-order valence-corrected chi connectivity index (χ4v) is 1.19. The van der Waals surface area contributed by atoms with Gasteiger partial charge in [0.15, 0.2) is 0 Å². The highest BCUT2D eigenvalue weighted by Crippen LogP contribution is 2.26. The number of esters is 1. The maximum absolute atomic E-state index is 10.8. The van der Waals surface area contributed by atoms with Crippen LogP contribution in [0.2, 0.25) is 0 Å². The number of nitrogens with zero attached hydrogens (tertiary/aromatic N) is 2. The molecule has 0 aromatic rings. The summed E-state index contributed by atoms with van der Waals surface area (Å²) in [5, 5.41) is 8.45. The molecule has 4 nitrogen and oxygen atoms in total. The lowest BCUT2D eigenvalue weighted by Gasteiger charge is -2.17. The van der Waals surface area contributed by atoms with Gasteiger partial charge < -0.3 is 9.64 Å². The molecule has 0 saturated heterocycles. The molecule has 0 N–H and O–H groups in total. The van der Waals surface area contributed by atoms with Gasteiger partial charge in [-0.15, -0.1) is 0 Å². The van der Waals surface area contributed by atoms with Crippen molar-refractivity contribution in [3.05, 3.63) is 12.3 Å². The summed E-state index contributed by atoms with van der Waals surface area (Å²) in [4.78, 5) is 12.9. The number of nitriles is 1. The normalized spacial score (nSPS) is 15.1. The number of carbonyl (C=O) groups is 1. The Morgan fingerprint density at radius 3 is 2.93 bits per heavy atom. The van der Waals surface area contributed by atoms with Crippen LogP contribution in [-0.4, -0.2) is 30.6 Å². The van der Waals surface area contributed by atoms with Gasteiger partial charge in [-0.3, -0.25) is 0 Å². The molecule has 0 unspecified atom stereocenters. The Balaban J connectivity index is 2.39. The van der Waals surface area contributed by atoms with Crippen LogP contribution in [0.3, 0.4) is 0 Å². The molecule has 1 rings (SSSR count). The van der Waals surface area contributed by atoms with Gasteiger partial charge >= 0.3 is 5.97 Å². The number of ether oxygens (including phenoxy) is 1. The van der Waals surface area contributed by atoms with Crippen molar-refractivity contribution in [3.8, 4) is 6.07 Å². The molecule has 0 bridgehead atoms. The fraction of sp³-hybridized carbons (Fsp3) is 0.600. The average Bonchev–Trinajstić information content (AvgIpc) is 3.01. The maximum Gasteiger partial charge on any atom is 0.331 e. The van der Waals surface area contributed by atoms with Crippen molar-refractivity contribution in [2.75, 3.05) is 13.7 Å². The zero-order chi connectivity index (χ0) is 10.4. The predicted molar refractivity (Wildman–Crippen MR) is 51.1 cm³/mol. The number of rotatable bonds is 5. The van der Waals surface area contributed by atoms with Crippen molar-refractivity contribution in [1.29, 1.82) is 5.26 Å². The van der Waals surface area contributed by atoms with Crippen LogP contribution in [0.4, 0.5) is 0 Å². The first-order valence-electron chi connectivity index (χ1n) is 4.66. The molecule has 1 aliphatic carbocycles. The molecule has 1 fully saturated rings. The number of hydrogen-bond donors (Lipinski definition) is 0. The Morgan fingerprint density at radius 1 is 1.71 bits per heavy atom. The van der Waals surface area contributed by atoms with Gasteiger partial charge in [0.25, 0.3) is 0 Å². The molecule has 0 spiro atoms. The summed E-state index contributed by atoms with van der Waals surface area (Å²) in [6.07, 6.45) is 5.91. The first-order valence-corrected chi connectivity index (χ1v) is 4.66. The smallest absolute Gasteiger partial charge is 0.331 e. The molecule has 0 aliphatic heterocycles. The van der Waals surface area contributed by atoms with E-state index in [1.807, 2.05) is 4.90 Å². The van der Waals surface area contributed by atoms with E-state index in [-0.39, 0.29) is 5.97 Å². The largest absolute Gasteiger partial charge is 0.466 e. The topological polar surface area (TPSA) is 53.3 Å². The average molecular weight is 194 g/mol. The minimum atomic E-state index is -0.354. The van der Waals surface area contributed by atoms with Gasteiger partial charge in [-0.2, -0.15) is 5.26 Å². The Hall–Kier alpha value is -1.50. The summed E-state index contributed by atoms with van der Waals surface area (Å²) in [6.45, 7) is 0.689. The van der Waals surface area contributed by atoms with E-state index in [1.165, 1.54) is 13.2 Å². The molecule has 14 heavy (non-hydrogen) atoms. The molecule has 1 saturated carbocycles. The SMILES string of the molecule is COC(=O)C=CN(CCC#N)C1CC1. The van der Waals surface area contributed by atoms with Crippen molar-refractivity contribution in [3.63, 3.8) is 0 Å². The lowest BCUT2D eigenvalue weighted by Crippen LogP contribution is -2.21. The zero-order valence-electron chi connectivity index (χ0n) is 8.27. The third-order valence-electron chi connectivity index (χ3n) is 2.10. The third-order valence-corrected chi connectivity index (χ3v) is 2.10. The molecule has 0 amide bonds. The Kier molecular flexibility index (Phi) is 3.99. The van der Waals surface area contributed by atoms with Crippen molar-refractivity contribution >= 4 is 5.97 Å². The molecular formula is C10H14N2O2. The molecule has 1 aliphatic rings. The highest BCUT2D eigenvalue weighted by molar-refractivity contribution is 5.81. The number of hydrogen-bond acceptors (Lipinski definition) is 4. The van der Waals surface area contributed by atoms with Crippen LogP contribution in [0.15, 0.2) is 12.3 Å². The van der Waals surface area contributed by atoms with Gasteiger partial charge in [0.2, 0.25) is 0 Å². The zero-order valence-corrected chi connectivity index (χ0v) is 8.27. The molecule has 0 aromatic heterocycles. The van der Waals surface area contributed by atoms with E-state index in [2.05, 4.69) is 10.8 Å². The Morgan fingerprint density at radius 2 is 2.43 bits per heavy atom. The number of methoxy groups -OCH3 is 1. The number of carbonyl (C=O) groups excluding carboxylic acids is 1. The summed E-state index contributed by atoms with van der Waals surface area (Å²) in [5.74, 6) is -0.354. The van der Waals surface area contributed by atoms with Gasteiger partial charge in [0.05, 0.1) is 19.6 Å². The quantitative estimate of drug-likeness (QED) is 0.485. The molecule has 4 heteroatoms. The van der Waals surface area contributed by atoms with Crippen LogP contribution in [0.1, 0.15) is 19.3 Å². The van der Waals surface area contributed by atoms with E-state index in [4.69, 9.17) is 5.26 Å². The fourth-order valence-electron chi connectivity index (χ4n) is 1.19. The van der Waals surface area contributed by atoms with E-state index in [0.29, 0.717) is 19.0 Å². The summed E-state index contributed by atoms with van der Waals surface area (Å²) >= 11 is 0. The second-order valence-corrected chi connectivity index (χ2v) is 3.22. The molecule has 76 valence electrons. The minimum absolute atomic E-state index is 0.354. The first-order chi connectivity index (χ1) is 6.77. The maximum atomic E-state index is 10.8. The molecular weight excluding hydrogens is 180 g/mol.